The van der Waals surface area contributed by atoms with Crippen LogP contribution < -0.4 is 5.32 Å². The van der Waals surface area contributed by atoms with E-state index >= 15 is 0 Å². The molecule has 0 aliphatic heterocycles. The van der Waals surface area contributed by atoms with Crippen molar-refractivity contribution < 1.29 is 14.7 Å². The highest BCUT2D eigenvalue weighted by Crippen LogP contribution is 2.11. The lowest BCUT2D eigenvalue weighted by Crippen LogP contribution is -2.43. The number of hydrogen-bond acceptors (Lipinski definition) is 3. The molecule has 0 fully saturated rings. The van der Waals surface area contributed by atoms with Crippen molar-refractivity contribution in [3.05, 3.63) is 34.3 Å². The van der Waals surface area contributed by atoms with Crippen molar-refractivity contribution in [1.29, 1.82) is 0 Å². The Kier molecular flexibility index (Phi) is 5.98. The molecule has 1 unspecified atom stereocenters. The SMILES string of the molecule is CC(CO)N(C)C(=O)CNC(=O)c1cccc(Br)c1. The van der Waals surface area contributed by atoms with E-state index in [1.54, 1.807) is 32.2 Å². The summed E-state index contributed by atoms with van der Waals surface area (Å²) in [5.74, 6) is -0.551. The normalized spacial score (nSPS) is 11.8. The largest absolute Gasteiger partial charge is 0.394 e. The van der Waals surface area contributed by atoms with Crippen molar-refractivity contribution in [3.63, 3.8) is 0 Å². The van der Waals surface area contributed by atoms with Gasteiger partial charge < -0.3 is 15.3 Å². The molecule has 0 spiro atoms. The Morgan fingerprint density at radius 1 is 1.47 bits per heavy atom. The van der Waals surface area contributed by atoms with Crippen LogP contribution in [0.15, 0.2) is 28.7 Å². The Balaban J connectivity index is 2.53. The van der Waals surface area contributed by atoms with Gasteiger partial charge in [-0.2, -0.15) is 0 Å². The first-order valence-electron chi connectivity index (χ1n) is 5.86. The van der Waals surface area contributed by atoms with Crippen LogP contribution in [0.2, 0.25) is 0 Å². The van der Waals surface area contributed by atoms with Gasteiger partial charge in [-0.3, -0.25) is 9.59 Å². The number of nitrogens with one attached hydrogen (secondary N) is 1. The summed E-state index contributed by atoms with van der Waals surface area (Å²) in [7, 11) is 1.59. The third kappa shape index (κ3) is 4.65. The van der Waals surface area contributed by atoms with Gasteiger partial charge in [0, 0.05) is 17.1 Å². The van der Waals surface area contributed by atoms with E-state index in [0.29, 0.717) is 5.56 Å². The van der Waals surface area contributed by atoms with Crippen LogP contribution in [0.25, 0.3) is 0 Å². The average molecular weight is 329 g/mol. The molecule has 2 amide bonds. The van der Waals surface area contributed by atoms with Crippen LogP contribution in [0.3, 0.4) is 0 Å². The number of halogens is 1. The van der Waals surface area contributed by atoms with E-state index in [1.807, 2.05) is 6.07 Å². The van der Waals surface area contributed by atoms with Gasteiger partial charge in [0.15, 0.2) is 0 Å². The smallest absolute Gasteiger partial charge is 0.251 e. The van der Waals surface area contributed by atoms with Gasteiger partial charge in [0.05, 0.1) is 19.2 Å². The topological polar surface area (TPSA) is 69.6 Å². The van der Waals surface area contributed by atoms with Crippen molar-refractivity contribution >= 4 is 27.7 Å². The molecule has 2 N–H and O–H groups in total. The van der Waals surface area contributed by atoms with E-state index in [0.717, 1.165) is 4.47 Å². The van der Waals surface area contributed by atoms with Gasteiger partial charge in [0.1, 0.15) is 0 Å². The summed E-state index contributed by atoms with van der Waals surface area (Å²) in [6.07, 6.45) is 0. The van der Waals surface area contributed by atoms with E-state index in [2.05, 4.69) is 21.2 Å². The zero-order valence-electron chi connectivity index (χ0n) is 10.9. The Bertz CT molecular complexity index is 465. The van der Waals surface area contributed by atoms with Crippen LogP contribution in [0.4, 0.5) is 0 Å². The molecule has 0 aliphatic rings. The van der Waals surface area contributed by atoms with Crippen molar-refractivity contribution in [2.24, 2.45) is 0 Å². The van der Waals surface area contributed by atoms with Gasteiger partial charge in [-0.1, -0.05) is 22.0 Å². The number of carbonyl (C=O) groups excluding carboxylic acids is 2. The highest BCUT2D eigenvalue weighted by Gasteiger charge is 2.15. The minimum atomic E-state index is -0.306. The molecule has 1 aromatic carbocycles. The van der Waals surface area contributed by atoms with Gasteiger partial charge in [-0.15, -0.1) is 0 Å². The minimum absolute atomic E-state index is 0.0911. The summed E-state index contributed by atoms with van der Waals surface area (Å²) in [5, 5.41) is 11.5. The molecule has 0 saturated heterocycles. The van der Waals surface area contributed by atoms with E-state index < -0.39 is 0 Å². The zero-order chi connectivity index (χ0) is 14.4. The lowest BCUT2D eigenvalue weighted by atomic mass is 10.2. The molecule has 1 atom stereocenters. The van der Waals surface area contributed by atoms with Crippen LogP contribution in [0, 0.1) is 0 Å². The minimum Gasteiger partial charge on any atom is -0.394 e. The summed E-state index contributed by atoms with van der Waals surface area (Å²) in [4.78, 5) is 25.0. The predicted octanol–water partition coefficient (Wildman–Crippen LogP) is 1.02. The molecular weight excluding hydrogens is 312 g/mol. The molecule has 6 heteroatoms. The van der Waals surface area contributed by atoms with Crippen LogP contribution >= 0.6 is 15.9 Å². The van der Waals surface area contributed by atoms with Crippen molar-refractivity contribution in [2.45, 2.75) is 13.0 Å². The third-order valence-electron chi connectivity index (χ3n) is 2.81. The van der Waals surface area contributed by atoms with Gasteiger partial charge in [-0.05, 0) is 25.1 Å². The Morgan fingerprint density at radius 2 is 2.16 bits per heavy atom. The quantitative estimate of drug-likeness (QED) is 0.847. The highest BCUT2D eigenvalue weighted by molar-refractivity contribution is 9.10. The number of benzene rings is 1. The van der Waals surface area contributed by atoms with E-state index in [9.17, 15) is 9.59 Å². The van der Waals surface area contributed by atoms with Crippen LogP contribution in [0.5, 0.6) is 0 Å². The van der Waals surface area contributed by atoms with Crippen molar-refractivity contribution in [3.8, 4) is 0 Å². The number of aliphatic hydroxyl groups is 1. The molecule has 5 nitrogen and oxygen atoms in total. The second kappa shape index (κ2) is 7.25. The molecule has 1 rings (SSSR count). The number of carbonyl (C=O) groups is 2. The van der Waals surface area contributed by atoms with Gasteiger partial charge in [-0.25, -0.2) is 0 Å². The number of hydrogen-bond donors (Lipinski definition) is 2. The predicted molar refractivity (Wildman–Crippen MR) is 75.8 cm³/mol. The lowest BCUT2D eigenvalue weighted by Gasteiger charge is -2.23. The maximum Gasteiger partial charge on any atom is 0.251 e. The molecule has 19 heavy (non-hydrogen) atoms. The first-order chi connectivity index (χ1) is 8.95. The molecule has 1 aromatic rings. The van der Waals surface area contributed by atoms with E-state index in [1.165, 1.54) is 4.90 Å². The average Bonchev–Trinajstić information content (AvgIpc) is 2.42. The van der Waals surface area contributed by atoms with E-state index in [4.69, 9.17) is 5.11 Å². The maximum atomic E-state index is 11.8. The summed E-state index contributed by atoms with van der Waals surface area (Å²) >= 11 is 3.28. The molecule has 0 heterocycles. The van der Waals surface area contributed by atoms with Gasteiger partial charge >= 0.3 is 0 Å². The van der Waals surface area contributed by atoms with Crippen LogP contribution in [0.1, 0.15) is 17.3 Å². The first kappa shape index (κ1) is 15.7. The Morgan fingerprint density at radius 3 is 2.74 bits per heavy atom. The first-order valence-corrected chi connectivity index (χ1v) is 6.65. The lowest BCUT2D eigenvalue weighted by molar-refractivity contribution is -0.131. The molecular formula is C13H17BrN2O3. The van der Waals surface area contributed by atoms with Crippen molar-refractivity contribution in [2.75, 3.05) is 20.2 Å². The fourth-order valence-corrected chi connectivity index (χ4v) is 1.78. The molecule has 0 aromatic heterocycles. The maximum absolute atomic E-state index is 11.8. The van der Waals surface area contributed by atoms with Crippen molar-refractivity contribution in [1.82, 2.24) is 10.2 Å². The third-order valence-corrected chi connectivity index (χ3v) is 3.30. The molecule has 0 aliphatic carbocycles. The number of rotatable bonds is 5. The Hall–Kier alpha value is -1.40. The van der Waals surface area contributed by atoms with Gasteiger partial charge in [0.25, 0.3) is 5.91 Å². The second-order valence-electron chi connectivity index (χ2n) is 4.23. The standard InChI is InChI=1S/C13H17BrN2O3/c1-9(8-17)16(2)12(18)7-15-13(19)10-4-3-5-11(14)6-10/h3-6,9,17H,7-8H2,1-2H3,(H,15,19). The number of amides is 2. The Labute approximate surface area is 120 Å². The van der Waals surface area contributed by atoms with E-state index in [-0.39, 0.29) is 31.0 Å². The summed E-state index contributed by atoms with van der Waals surface area (Å²) < 4.78 is 0.803. The molecule has 0 bridgehead atoms. The number of nitrogens with zero attached hydrogens (tertiary/aromatic N) is 1. The molecule has 0 saturated carbocycles. The zero-order valence-corrected chi connectivity index (χ0v) is 12.5. The van der Waals surface area contributed by atoms with Crippen LogP contribution in [-0.4, -0.2) is 48.1 Å². The monoisotopic (exact) mass is 328 g/mol. The number of likely N-dealkylation sites (N-methyl/N-ethyl adjacent to an activating group) is 1. The fourth-order valence-electron chi connectivity index (χ4n) is 1.38. The molecule has 104 valence electrons. The molecule has 0 radical (unpaired) electrons. The highest BCUT2D eigenvalue weighted by atomic mass is 79.9. The summed E-state index contributed by atoms with van der Waals surface area (Å²) in [6.45, 7) is 1.53. The van der Waals surface area contributed by atoms with Crippen LogP contribution in [-0.2, 0) is 4.79 Å². The second-order valence-corrected chi connectivity index (χ2v) is 5.14. The summed E-state index contributed by atoms with van der Waals surface area (Å²) in [6, 6.07) is 6.65. The van der Waals surface area contributed by atoms with Gasteiger partial charge in [0.2, 0.25) is 5.91 Å². The summed E-state index contributed by atoms with van der Waals surface area (Å²) in [5.41, 5.74) is 0.486. The fraction of sp³-hybridized carbons (Fsp3) is 0.385. The number of aliphatic hydroxyl groups excluding tert-OH is 1.